The van der Waals surface area contributed by atoms with E-state index in [1.165, 1.54) is 0 Å². The molecule has 1 amide bonds. The quantitative estimate of drug-likeness (QED) is 0.898. The minimum atomic E-state index is -0.414. The van der Waals surface area contributed by atoms with E-state index in [0.717, 1.165) is 42.7 Å². The Labute approximate surface area is 158 Å². The number of ether oxygens (including phenoxy) is 2. The predicted molar refractivity (Wildman–Crippen MR) is 102 cm³/mol. The van der Waals surface area contributed by atoms with Crippen LogP contribution in [0.5, 0.6) is 0 Å². The second-order valence-corrected chi connectivity index (χ2v) is 7.14. The third-order valence-electron chi connectivity index (χ3n) is 5.15. The molecular weight excluding hydrogens is 344 g/mol. The van der Waals surface area contributed by atoms with Crippen LogP contribution in [0.2, 0.25) is 0 Å². The molecule has 3 heterocycles. The summed E-state index contributed by atoms with van der Waals surface area (Å²) < 4.78 is 11.5. The van der Waals surface area contributed by atoms with Crippen molar-refractivity contribution < 1.29 is 14.3 Å². The number of hydrogen-bond acceptors (Lipinski definition) is 6. The molecule has 1 spiro atoms. The van der Waals surface area contributed by atoms with Crippen molar-refractivity contribution in [1.82, 2.24) is 9.97 Å². The fourth-order valence-electron chi connectivity index (χ4n) is 3.58. The largest absolute Gasteiger partial charge is 0.347 e. The smallest absolute Gasteiger partial charge is 0.258 e. The van der Waals surface area contributed by atoms with E-state index in [1.54, 1.807) is 12.4 Å². The van der Waals surface area contributed by atoms with Crippen LogP contribution in [-0.2, 0) is 9.47 Å². The maximum Gasteiger partial charge on any atom is 0.258 e. The fourth-order valence-corrected chi connectivity index (χ4v) is 3.58. The molecule has 7 heteroatoms. The van der Waals surface area contributed by atoms with E-state index >= 15 is 0 Å². The summed E-state index contributed by atoms with van der Waals surface area (Å²) in [5.41, 5.74) is 3.43. The van der Waals surface area contributed by atoms with Crippen LogP contribution in [0.25, 0.3) is 0 Å². The summed E-state index contributed by atoms with van der Waals surface area (Å²) >= 11 is 0. The molecular formula is C20H24N4O3. The highest BCUT2D eigenvalue weighted by molar-refractivity contribution is 6.04. The maximum atomic E-state index is 12.5. The molecule has 0 aliphatic carbocycles. The zero-order valence-corrected chi connectivity index (χ0v) is 15.7. The second kappa shape index (κ2) is 7.25. The van der Waals surface area contributed by atoms with E-state index in [1.807, 2.05) is 32.0 Å². The highest BCUT2D eigenvalue weighted by Crippen LogP contribution is 2.32. The fraction of sp³-hybridized carbons (Fsp3) is 0.450. The Morgan fingerprint density at radius 1 is 1.11 bits per heavy atom. The average molecular weight is 368 g/mol. The third kappa shape index (κ3) is 3.79. The summed E-state index contributed by atoms with van der Waals surface area (Å²) in [7, 11) is 0. The molecule has 1 aromatic carbocycles. The molecule has 2 aliphatic rings. The molecule has 7 nitrogen and oxygen atoms in total. The minimum Gasteiger partial charge on any atom is -0.347 e. The Balaban J connectivity index is 1.39. The third-order valence-corrected chi connectivity index (χ3v) is 5.15. The molecule has 0 unspecified atom stereocenters. The summed E-state index contributed by atoms with van der Waals surface area (Å²) in [6.07, 6.45) is 4.75. The van der Waals surface area contributed by atoms with Gasteiger partial charge >= 0.3 is 0 Å². The van der Waals surface area contributed by atoms with Crippen LogP contribution >= 0.6 is 0 Å². The van der Waals surface area contributed by atoms with E-state index in [9.17, 15) is 4.79 Å². The Morgan fingerprint density at radius 3 is 2.41 bits per heavy atom. The standard InChI is InChI=1S/C20H24N4O3/c1-14-3-4-17(15(2)11-14)23-18(25)16-12-21-19(22-13-16)24-7-5-20(6-8-24)26-9-10-27-20/h3-4,11-13H,5-10H2,1-2H3,(H,23,25). The van der Waals surface area contributed by atoms with Crippen molar-refractivity contribution in [2.75, 3.05) is 36.5 Å². The Bertz CT molecular complexity index is 822. The lowest BCUT2D eigenvalue weighted by atomic mass is 10.0. The van der Waals surface area contributed by atoms with Gasteiger partial charge in [0.2, 0.25) is 5.95 Å². The number of benzene rings is 1. The molecule has 0 saturated carbocycles. The van der Waals surface area contributed by atoms with Crippen LogP contribution in [0.3, 0.4) is 0 Å². The van der Waals surface area contributed by atoms with Crippen molar-refractivity contribution in [2.24, 2.45) is 0 Å². The highest BCUT2D eigenvalue weighted by atomic mass is 16.7. The van der Waals surface area contributed by atoms with Gasteiger partial charge in [-0.05, 0) is 25.5 Å². The van der Waals surface area contributed by atoms with Crippen LogP contribution in [0, 0.1) is 13.8 Å². The van der Waals surface area contributed by atoms with Gasteiger partial charge in [-0.1, -0.05) is 17.7 Å². The summed E-state index contributed by atoms with van der Waals surface area (Å²) in [6, 6.07) is 5.92. The van der Waals surface area contributed by atoms with Crippen molar-refractivity contribution in [1.29, 1.82) is 0 Å². The first-order chi connectivity index (χ1) is 13.0. The minimum absolute atomic E-state index is 0.209. The van der Waals surface area contributed by atoms with Crippen molar-refractivity contribution in [2.45, 2.75) is 32.5 Å². The highest BCUT2D eigenvalue weighted by Gasteiger charge is 2.40. The number of anilines is 2. The summed E-state index contributed by atoms with van der Waals surface area (Å²) in [5.74, 6) is 0.00662. The van der Waals surface area contributed by atoms with Gasteiger partial charge in [0.05, 0.1) is 18.8 Å². The van der Waals surface area contributed by atoms with Crippen molar-refractivity contribution in [3.05, 3.63) is 47.3 Å². The first-order valence-corrected chi connectivity index (χ1v) is 9.28. The lowest BCUT2D eigenvalue weighted by Crippen LogP contribution is -2.45. The van der Waals surface area contributed by atoms with Crippen LogP contribution < -0.4 is 10.2 Å². The molecule has 1 aromatic heterocycles. The van der Waals surface area contributed by atoms with E-state index in [0.29, 0.717) is 24.7 Å². The van der Waals surface area contributed by atoms with E-state index in [2.05, 4.69) is 20.2 Å². The number of carbonyl (C=O) groups is 1. The zero-order chi connectivity index (χ0) is 18.9. The van der Waals surface area contributed by atoms with Gasteiger partial charge in [0.25, 0.3) is 5.91 Å². The van der Waals surface area contributed by atoms with Crippen LogP contribution in [0.1, 0.15) is 34.3 Å². The normalized spacial score (nSPS) is 18.7. The van der Waals surface area contributed by atoms with Crippen molar-refractivity contribution in [3.63, 3.8) is 0 Å². The van der Waals surface area contributed by atoms with Gasteiger partial charge in [-0.3, -0.25) is 4.79 Å². The lowest BCUT2D eigenvalue weighted by Gasteiger charge is -2.37. The van der Waals surface area contributed by atoms with Crippen LogP contribution in [-0.4, -0.2) is 48.0 Å². The molecule has 1 N–H and O–H groups in total. The molecule has 0 bridgehead atoms. The molecule has 2 fully saturated rings. The number of rotatable bonds is 3. The second-order valence-electron chi connectivity index (χ2n) is 7.14. The van der Waals surface area contributed by atoms with Gasteiger partial charge in [-0.2, -0.15) is 0 Å². The summed E-state index contributed by atoms with van der Waals surface area (Å²) in [4.78, 5) is 23.3. The van der Waals surface area contributed by atoms with E-state index in [-0.39, 0.29) is 5.91 Å². The summed E-state index contributed by atoms with van der Waals surface area (Å²) in [5, 5.41) is 2.92. The lowest BCUT2D eigenvalue weighted by molar-refractivity contribution is -0.169. The van der Waals surface area contributed by atoms with Crippen molar-refractivity contribution >= 4 is 17.5 Å². The van der Waals surface area contributed by atoms with E-state index < -0.39 is 5.79 Å². The molecule has 0 radical (unpaired) electrons. The molecule has 142 valence electrons. The van der Waals surface area contributed by atoms with Gasteiger partial charge in [0.15, 0.2) is 5.79 Å². The number of amides is 1. The van der Waals surface area contributed by atoms with Gasteiger partial charge in [0, 0.05) is 44.0 Å². The first kappa shape index (κ1) is 17.9. The molecule has 2 saturated heterocycles. The number of hydrogen-bond donors (Lipinski definition) is 1. The summed E-state index contributed by atoms with van der Waals surface area (Å²) in [6.45, 7) is 6.88. The van der Waals surface area contributed by atoms with Gasteiger partial charge < -0.3 is 19.7 Å². The maximum absolute atomic E-state index is 12.5. The number of aryl methyl sites for hydroxylation is 2. The topological polar surface area (TPSA) is 76.6 Å². The average Bonchev–Trinajstić information content (AvgIpc) is 3.13. The Morgan fingerprint density at radius 2 is 1.78 bits per heavy atom. The molecule has 2 aromatic rings. The monoisotopic (exact) mass is 368 g/mol. The number of aromatic nitrogens is 2. The Hall–Kier alpha value is -2.51. The van der Waals surface area contributed by atoms with Gasteiger partial charge in [-0.25, -0.2) is 9.97 Å². The molecule has 4 rings (SSSR count). The molecule has 2 aliphatic heterocycles. The van der Waals surface area contributed by atoms with Gasteiger partial charge in [0.1, 0.15) is 0 Å². The van der Waals surface area contributed by atoms with Crippen molar-refractivity contribution in [3.8, 4) is 0 Å². The number of carbonyl (C=O) groups excluding carboxylic acids is 1. The number of nitrogens with one attached hydrogen (secondary N) is 1. The SMILES string of the molecule is Cc1ccc(NC(=O)c2cnc(N3CCC4(CC3)OCCO4)nc2)c(C)c1. The molecule has 27 heavy (non-hydrogen) atoms. The predicted octanol–water partition coefficient (Wildman–Crippen LogP) is 2.69. The van der Waals surface area contributed by atoms with Gasteiger partial charge in [-0.15, -0.1) is 0 Å². The van der Waals surface area contributed by atoms with E-state index in [4.69, 9.17) is 9.47 Å². The van der Waals surface area contributed by atoms with Crippen LogP contribution in [0.4, 0.5) is 11.6 Å². The number of nitrogens with zero attached hydrogens (tertiary/aromatic N) is 3. The first-order valence-electron chi connectivity index (χ1n) is 9.28. The number of piperidine rings is 1. The molecule has 0 atom stereocenters. The van der Waals surface area contributed by atoms with Crippen LogP contribution in [0.15, 0.2) is 30.6 Å². The zero-order valence-electron chi connectivity index (χ0n) is 15.7. The Kier molecular flexibility index (Phi) is 4.80.